The van der Waals surface area contributed by atoms with Gasteiger partial charge in [-0.1, -0.05) is 42.5 Å². The molecule has 0 aliphatic carbocycles. The molecule has 6 heteroatoms. The van der Waals surface area contributed by atoms with Crippen molar-refractivity contribution in [3.05, 3.63) is 66.2 Å². The van der Waals surface area contributed by atoms with Crippen molar-refractivity contribution in [1.29, 1.82) is 0 Å². The highest BCUT2D eigenvalue weighted by atomic mass is 35.5. The Morgan fingerprint density at radius 3 is 2.67 bits per heavy atom. The number of anilines is 1. The molecule has 0 unspecified atom stereocenters. The van der Waals surface area contributed by atoms with Crippen LogP contribution in [0.4, 0.5) is 5.69 Å². The molecule has 1 aliphatic rings. The van der Waals surface area contributed by atoms with Crippen LogP contribution >= 0.6 is 11.6 Å². The molecule has 2 heterocycles. The van der Waals surface area contributed by atoms with Crippen LogP contribution in [0, 0.1) is 0 Å². The zero-order chi connectivity index (χ0) is 17.8. The van der Waals surface area contributed by atoms with Gasteiger partial charge in [0.05, 0.1) is 13.2 Å². The average molecular weight is 405 g/mol. The van der Waals surface area contributed by atoms with Gasteiger partial charge in [0.1, 0.15) is 6.61 Å². The summed E-state index contributed by atoms with van der Waals surface area (Å²) in [5, 5.41) is 1.17. The molecule has 1 aromatic heterocycles. The molecule has 0 N–H and O–H groups in total. The smallest absolute Gasteiger partial charge is 0.394 e. The molecule has 0 fully saturated rings. The molecule has 4 rings (SSSR count). The lowest BCUT2D eigenvalue weighted by atomic mass is 10.1. The number of hydrogen-bond acceptors (Lipinski definition) is 3. The SMILES string of the molecule is ClCCN1CCOc2c1cc1ccccc1[n+]2COCc1ccccc1.[Cl-]. The molecule has 2 aromatic carbocycles. The zero-order valence-electron chi connectivity index (χ0n) is 15.0. The van der Waals surface area contributed by atoms with Crippen molar-refractivity contribution < 1.29 is 26.4 Å². The van der Waals surface area contributed by atoms with Crippen molar-refractivity contribution >= 4 is 28.2 Å². The van der Waals surface area contributed by atoms with Gasteiger partial charge in [0, 0.05) is 23.9 Å². The second-order valence-corrected chi connectivity index (χ2v) is 6.69. The highest BCUT2D eigenvalue weighted by molar-refractivity contribution is 6.18. The minimum Gasteiger partial charge on any atom is -1.00 e. The topological polar surface area (TPSA) is 25.6 Å². The van der Waals surface area contributed by atoms with Gasteiger partial charge in [0.25, 0.3) is 6.73 Å². The van der Waals surface area contributed by atoms with Crippen LogP contribution in [0.2, 0.25) is 0 Å². The second-order valence-electron chi connectivity index (χ2n) is 6.31. The third kappa shape index (κ3) is 4.29. The summed E-state index contributed by atoms with van der Waals surface area (Å²) in [6.45, 7) is 3.31. The van der Waals surface area contributed by atoms with E-state index in [-0.39, 0.29) is 12.4 Å². The molecule has 0 amide bonds. The highest BCUT2D eigenvalue weighted by Crippen LogP contribution is 2.31. The third-order valence-electron chi connectivity index (χ3n) is 4.61. The van der Waals surface area contributed by atoms with Gasteiger partial charge in [-0.05, 0) is 17.7 Å². The fraction of sp³-hybridized carbons (Fsp3) is 0.286. The standard InChI is InChI=1S/C21H22ClN2O2.ClH/c22-10-11-23-12-13-26-21-20(23)14-18-8-4-5-9-19(18)24(21)16-25-15-17-6-2-1-3-7-17;/h1-9,14H,10-13,15-16H2;1H/q+1;/p-1. The first kappa shape index (κ1) is 19.7. The fourth-order valence-corrected chi connectivity index (χ4v) is 3.56. The molecule has 0 atom stereocenters. The first-order chi connectivity index (χ1) is 12.9. The van der Waals surface area contributed by atoms with Gasteiger partial charge in [-0.2, -0.15) is 0 Å². The van der Waals surface area contributed by atoms with Crippen LogP contribution in [0.5, 0.6) is 5.88 Å². The number of rotatable bonds is 6. The van der Waals surface area contributed by atoms with Gasteiger partial charge in [0.15, 0.2) is 5.69 Å². The monoisotopic (exact) mass is 404 g/mol. The summed E-state index contributed by atoms with van der Waals surface area (Å²) >= 11 is 6.00. The minimum absolute atomic E-state index is 0. The molecule has 0 saturated heterocycles. The van der Waals surface area contributed by atoms with Crippen molar-refractivity contribution in [2.75, 3.05) is 30.5 Å². The first-order valence-corrected chi connectivity index (χ1v) is 9.41. The van der Waals surface area contributed by atoms with Gasteiger partial charge >= 0.3 is 5.88 Å². The molecule has 0 bridgehead atoms. The summed E-state index contributed by atoms with van der Waals surface area (Å²) < 4.78 is 14.2. The average Bonchev–Trinajstić information content (AvgIpc) is 2.69. The van der Waals surface area contributed by atoms with E-state index < -0.39 is 0 Å². The van der Waals surface area contributed by atoms with Crippen LogP contribution in [0.1, 0.15) is 5.56 Å². The summed E-state index contributed by atoms with van der Waals surface area (Å²) in [6, 6.07) is 20.7. The number of ether oxygens (including phenoxy) is 2. The van der Waals surface area contributed by atoms with Gasteiger partial charge in [0.2, 0.25) is 5.52 Å². The van der Waals surface area contributed by atoms with Gasteiger partial charge < -0.3 is 26.8 Å². The van der Waals surface area contributed by atoms with E-state index in [0.717, 1.165) is 35.7 Å². The maximum atomic E-state index is 6.04. The highest BCUT2D eigenvalue weighted by Gasteiger charge is 2.29. The maximum Gasteiger partial charge on any atom is 0.394 e. The van der Waals surface area contributed by atoms with Crippen molar-refractivity contribution in [2.24, 2.45) is 0 Å². The van der Waals surface area contributed by atoms with E-state index in [4.69, 9.17) is 21.1 Å². The van der Waals surface area contributed by atoms with E-state index in [0.29, 0.717) is 25.8 Å². The van der Waals surface area contributed by atoms with Crippen LogP contribution in [-0.4, -0.2) is 25.6 Å². The summed E-state index contributed by atoms with van der Waals surface area (Å²) in [5.74, 6) is 1.45. The number of pyridine rings is 1. The van der Waals surface area contributed by atoms with Crippen LogP contribution in [0.3, 0.4) is 0 Å². The van der Waals surface area contributed by atoms with Crippen molar-refractivity contribution in [2.45, 2.75) is 13.3 Å². The summed E-state index contributed by atoms with van der Waals surface area (Å²) in [5.41, 5.74) is 3.35. The molecule has 1 aliphatic heterocycles. The number of nitrogens with zero attached hydrogens (tertiary/aromatic N) is 2. The van der Waals surface area contributed by atoms with E-state index >= 15 is 0 Å². The fourth-order valence-electron chi connectivity index (χ4n) is 3.35. The van der Waals surface area contributed by atoms with Crippen LogP contribution in [-0.2, 0) is 18.1 Å². The summed E-state index contributed by atoms with van der Waals surface area (Å²) in [7, 11) is 0. The van der Waals surface area contributed by atoms with Gasteiger partial charge in [-0.3, -0.25) is 0 Å². The molecule has 4 nitrogen and oxygen atoms in total. The molecule has 27 heavy (non-hydrogen) atoms. The van der Waals surface area contributed by atoms with E-state index in [9.17, 15) is 0 Å². The summed E-state index contributed by atoms with van der Waals surface area (Å²) in [4.78, 5) is 2.28. The molecule has 0 saturated carbocycles. The Bertz CT molecular complexity index is 890. The Morgan fingerprint density at radius 1 is 1.07 bits per heavy atom. The Labute approximate surface area is 170 Å². The molecule has 3 aromatic rings. The van der Waals surface area contributed by atoms with Crippen molar-refractivity contribution in [3.8, 4) is 5.88 Å². The predicted molar refractivity (Wildman–Crippen MR) is 104 cm³/mol. The van der Waals surface area contributed by atoms with Crippen LogP contribution < -0.4 is 26.6 Å². The first-order valence-electron chi connectivity index (χ1n) is 8.88. The Morgan fingerprint density at radius 2 is 1.85 bits per heavy atom. The van der Waals surface area contributed by atoms with Crippen LogP contribution in [0.15, 0.2) is 60.7 Å². The van der Waals surface area contributed by atoms with E-state index in [2.05, 4.69) is 45.9 Å². The Balaban J connectivity index is 0.00000210. The second kappa shape index (κ2) is 9.27. The zero-order valence-corrected chi connectivity index (χ0v) is 16.5. The van der Waals surface area contributed by atoms with Crippen LogP contribution in [0.25, 0.3) is 10.9 Å². The maximum absolute atomic E-state index is 6.04. The van der Waals surface area contributed by atoms with E-state index in [1.807, 2.05) is 24.3 Å². The van der Waals surface area contributed by atoms with Gasteiger partial charge in [-0.15, -0.1) is 16.2 Å². The Kier molecular flexibility index (Phi) is 6.78. The van der Waals surface area contributed by atoms with Crippen molar-refractivity contribution in [3.63, 3.8) is 0 Å². The molecule has 0 radical (unpaired) electrons. The van der Waals surface area contributed by atoms with E-state index in [1.54, 1.807) is 0 Å². The third-order valence-corrected chi connectivity index (χ3v) is 4.78. The lowest BCUT2D eigenvalue weighted by Gasteiger charge is -2.28. The quantitative estimate of drug-likeness (QED) is 0.447. The molecular weight excluding hydrogens is 383 g/mol. The predicted octanol–water partition coefficient (Wildman–Crippen LogP) is 0.743. The van der Waals surface area contributed by atoms with Gasteiger partial charge in [-0.25, -0.2) is 0 Å². The molecule has 0 spiro atoms. The lowest BCUT2D eigenvalue weighted by molar-refractivity contribution is -0.714. The number of halogens is 2. The molecular formula is C21H22Cl2N2O2. The number of hydrogen-bond donors (Lipinski definition) is 0. The number of alkyl halides is 1. The number of para-hydroxylation sites is 1. The minimum atomic E-state index is 0. The Hall–Kier alpha value is -2.01. The summed E-state index contributed by atoms with van der Waals surface area (Å²) in [6.07, 6.45) is 0. The number of benzene rings is 2. The molecule has 142 valence electrons. The normalized spacial score (nSPS) is 13.0. The lowest BCUT2D eigenvalue weighted by Crippen LogP contribution is -3.00. The van der Waals surface area contributed by atoms with Crippen molar-refractivity contribution in [1.82, 2.24) is 0 Å². The number of aromatic nitrogens is 1. The van der Waals surface area contributed by atoms with E-state index in [1.165, 1.54) is 5.39 Å². The largest absolute Gasteiger partial charge is 1.00 e. The number of fused-ring (bicyclic) bond motifs is 2.